The Bertz CT molecular complexity index is 212. The number of nitrogens with zero attached hydrogens (tertiary/aromatic N) is 1. The number of carbonyl (C=O) groups is 1. The number of nitriles is 1. The van der Waals surface area contributed by atoms with Crippen LogP contribution < -0.4 is 11.5 Å². The Labute approximate surface area is 77.3 Å². The Morgan fingerprint density at radius 1 is 1.54 bits per heavy atom. The third-order valence-corrected chi connectivity index (χ3v) is 1.90. The number of aliphatic carboxylic acids is 1. The maximum absolute atomic E-state index is 10.7. The van der Waals surface area contributed by atoms with Gasteiger partial charge in [-0.1, -0.05) is 0 Å². The number of hydrogen-bond donors (Lipinski definition) is 3. The van der Waals surface area contributed by atoms with E-state index in [1.807, 2.05) is 0 Å². The first kappa shape index (κ1) is 11.9. The Morgan fingerprint density at radius 3 is 2.54 bits per heavy atom. The molecule has 0 spiro atoms. The third-order valence-electron chi connectivity index (χ3n) is 1.90. The number of hydrogen-bond acceptors (Lipinski definition) is 4. The minimum Gasteiger partial charge on any atom is -0.480 e. The van der Waals surface area contributed by atoms with Gasteiger partial charge in [-0.2, -0.15) is 5.26 Å². The van der Waals surface area contributed by atoms with Crippen molar-refractivity contribution in [2.75, 3.05) is 6.54 Å². The van der Waals surface area contributed by atoms with Crippen LogP contribution in [0.5, 0.6) is 0 Å². The largest absolute Gasteiger partial charge is 0.480 e. The van der Waals surface area contributed by atoms with Gasteiger partial charge in [0.25, 0.3) is 0 Å². The zero-order valence-corrected chi connectivity index (χ0v) is 7.49. The van der Waals surface area contributed by atoms with Crippen LogP contribution in [0.4, 0.5) is 0 Å². The molecule has 0 aromatic rings. The van der Waals surface area contributed by atoms with Crippen molar-refractivity contribution < 1.29 is 9.90 Å². The zero-order valence-electron chi connectivity index (χ0n) is 7.49. The summed E-state index contributed by atoms with van der Waals surface area (Å²) in [6.45, 7) is 0.516. The Kier molecular flexibility index (Phi) is 5.04. The van der Waals surface area contributed by atoms with Crippen molar-refractivity contribution >= 4 is 5.97 Å². The normalized spacial score (nSPS) is 14.5. The number of nitrogens with two attached hydrogens (primary N) is 2. The SMILES string of the molecule is N#CC[C@](N)(CCCCN)C(=O)O. The molecule has 74 valence electrons. The number of carboxylic acid groups (broad SMARTS) is 1. The molecule has 5 heteroatoms. The monoisotopic (exact) mass is 185 g/mol. The lowest BCUT2D eigenvalue weighted by molar-refractivity contribution is -0.143. The van der Waals surface area contributed by atoms with Gasteiger partial charge < -0.3 is 16.6 Å². The first-order valence-corrected chi connectivity index (χ1v) is 4.16. The van der Waals surface area contributed by atoms with E-state index in [1.165, 1.54) is 0 Å². The molecule has 0 fully saturated rings. The Hall–Kier alpha value is -1.12. The molecule has 13 heavy (non-hydrogen) atoms. The number of carboxylic acids is 1. The standard InChI is InChI=1S/C8H15N3O2/c9-5-2-1-3-8(11,4-6-10)7(12)13/h1-5,9,11H2,(H,12,13)/t8-/m1/s1. The van der Waals surface area contributed by atoms with E-state index in [-0.39, 0.29) is 6.42 Å². The van der Waals surface area contributed by atoms with Gasteiger partial charge in [0, 0.05) is 0 Å². The smallest absolute Gasteiger partial charge is 0.324 e. The highest BCUT2D eigenvalue weighted by Crippen LogP contribution is 2.15. The average Bonchev–Trinajstić information content (AvgIpc) is 2.05. The fourth-order valence-electron chi connectivity index (χ4n) is 0.997. The minimum absolute atomic E-state index is 0.160. The Balaban J connectivity index is 4.10. The molecule has 0 rings (SSSR count). The van der Waals surface area contributed by atoms with Crippen LogP contribution in [0.25, 0.3) is 0 Å². The summed E-state index contributed by atoms with van der Waals surface area (Å²) in [6, 6.07) is 1.78. The van der Waals surface area contributed by atoms with Gasteiger partial charge in [-0.25, -0.2) is 0 Å². The summed E-state index contributed by atoms with van der Waals surface area (Å²) in [5.41, 5.74) is 9.39. The summed E-state index contributed by atoms with van der Waals surface area (Å²) in [6.07, 6.45) is 1.51. The van der Waals surface area contributed by atoms with E-state index < -0.39 is 11.5 Å². The molecule has 0 saturated heterocycles. The fraction of sp³-hybridized carbons (Fsp3) is 0.750. The van der Waals surface area contributed by atoms with Crippen molar-refractivity contribution in [2.45, 2.75) is 31.2 Å². The van der Waals surface area contributed by atoms with Crippen LogP contribution in [0.3, 0.4) is 0 Å². The molecule has 0 aromatic heterocycles. The summed E-state index contributed by atoms with van der Waals surface area (Å²) >= 11 is 0. The molecule has 0 aliphatic heterocycles. The molecule has 0 radical (unpaired) electrons. The molecular formula is C8H15N3O2. The van der Waals surface area contributed by atoms with E-state index in [2.05, 4.69) is 0 Å². The highest BCUT2D eigenvalue weighted by atomic mass is 16.4. The van der Waals surface area contributed by atoms with E-state index in [9.17, 15) is 4.79 Å². The minimum atomic E-state index is -1.40. The highest BCUT2D eigenvalue weighted by molar-refractivity contribution is 5.78. The molecule has 0 aromatic carbocycles. The van der Waals surface area contributed by atoms with Crippen molar-refractivity contribution in [3.8, 4) is 6.07 Å². The van der Waals surface area contributed by atoms with Crippen LogP contribution in [0.1, 0.15) is 25.7 Å². The molecule has 0 heterocycles. The van der Waals surface area contributed by atoms with Crippen LogP contribution >= 0.6 is 0 Å². The average molecular weight is 185 g/mol. The lowest BCUT2D eigenvalue weighted by Crippen LogP contribution is -2.47. The molecule has 5 nitrogen and oxygen atoms in total. The van der Waals surface area contributed by atoms with Crippen LogP contribution in [-0.4, -0.2) is 23.2 Å². The second-order valence-corrected chi connectivity index (χ2v) is 3.04. The van der Waals surface area contributed by atoms with Gasteiger partial charge in [0.1, 0.15) is 5.54 Å². The molecule has 0 amide bonds. The maximum atomic E-state index is 10.7. The summed E-state index contributed by atoms with van der Waals surface area (Å²) in [7, 11) is 0. The van der Waals surface area contributed by atoms with Crippen molar-refractivity contribution in [3.05, 3.63) is 0 Å². The first-order chi connectivity index (χ1) is 6.06. The lowest BCUT2D eigenvalue weighted by atomic mass is 9.91. The molecule has 0 saturated carbocycles. The second kappa shape index (κ2) is 5.51. The molecule has 0 unspecified atom stereocenters. The Morgan fingerprint density at radius 2 is 2.15 bits per heavy atom. The fourth-order valence-corrected chi connectivity index (χ4v) is 0.997. The van der Waals surface area contributed by atoms with Gasteiger partial charge in [-0.15, -0.1) is 0 Å². The van der Waals surface area contributed by atoms with Gasteiger partial charge in [0.15, 0.2) is 0 Å². The van der Waals surface area contributed by atoms with Crippen LogP contribution in [0.15, 0.2) is 0 Å². The van der Waals surface area contributed by atoms with E-state index in [0.717, 1.165) is 6.42 Å². The van der Waals surface area contributed by atoms with Gasteiger partial charge in [-0.05, 0) is 25.8 Å². The number of rotatable bonds is 6. The lowest BCUT2D eigenvalue weighted by Gasteiger charge is -2.20. The predicted molar refractivity (Wildman–Crippen MR) is 47.7 cm³/mol. The van der Waals surface area contributed by atoms with Crippen molar-refractivity contribution in [1.82, 2.24) is 0 Å². The van der Waals surface area contributed by atoms with Gasteiger partial charge >= 0.3 is 5.97 Å². The topological polar surface area (TPSA) is 113 Å². The maximum Gasteiger partial charge on any atom is 0.324 e. The van der Waals surface area contributed by atoms with E-state index in [1.54, 1.807) is 6.07 Å². The van der Waals surface area contributed by atoms with Crippen molar-refractivity contribution in [1.29, 1.82) is 5.26 Å². The van der Waals surface area contributed by atoms with Crippen LogP contribution in [-0.2, 0) is 4.79 Å². The number of unbranched alkanes of at least 4 members (excludes halogenated alkanes) is 1. The van der Waals surface area contributed by atoms with Gasteiger partial charge in [0.05, 0.1) is 12.5 Å². The third kappa shape index (κ3) is 3.87. The van der Waals surface area contributed by atoms with E-state index in [4.69, 9.17) is 21.8 Å². The molecule has 0 aliphatic carbocycles. The summed E-state index contributed by atoms with van der Waals surface area (Å²) in [4.78, 5) is 10.7. The predicted octanol–water partition coefficient (Wildman–Crippen LogP) is -0.189. The van der Waals surface area contributed by atoms with Crippen LogP contribution in [0, 0.1) is 11.3 Å². The summed E-state index contributed by atoms with van der Waals surface area (Å²) in [5, 5.41) is 17.1. The summed E-state index contributed by atoms with van der Waals surface area (Å²) in [5.74, 6) is -1.12. The summed E-state index contributed by atoms with van der Waals surface area (Å²) < 4.78 is 0. The molecule has 5 N–H and O–H groups in total. The zero-order chi connectivity index (χ0) is 10.3. The van der Waals surface area contributed by atoms with Crippen molar-refractivity contribution in [2.24, 2.45) is 11.5 Å². The molecular weight excluding hydrogens is 170 g/mol. The van der Waals surface area contributed by atoms with Crippen LogP contribution in [0.2, 0.25) is 0 Å². The van der Waals surface area contributed by atoms with E-state index >= 15 is 0 Å². The molecule has 0 bridgehead atoms. The van der Waals surface area contributed by atoms with E-state index in [0.29, 0.717) is 19.4 Å². The highest BCUT2D eigenvalue weighted by Gasteiger charge is 2.32. The van der Waals surface area contributed by atoms with Crippen molar-refractivity contribution in [3.63, 3.8) is 0 Å². The first-order valence-electron chi connectivity index (χ1n) is 4.16. The quantitative estimate of drug-likeness (QED) is 0.496. The van der Waals surface area contributed by atoms with Gasteiger partial charge in [-0.3, -0.25) is 4.79 Å². The second-order valence-electron chi connectivity index (χ2n) is 3.04. The molecule has 1 atom stereocenters. The molecule has 0 aliphatic rings. The van der Waals surface area contributed by atoms with Gasteiger partial charge in [0.2, 0.25) is 0 Å².